The van der Waals surface area contributed by atoms with Gasteiger partial charge < -0.3 is 10.4 Å². The first-order valence-electron chi connectivity index (χ1n) is 7.99. The molecule has 2 bridgehead atoms. The molecule has 1 amide bonds. The Balaban J connectivity index is 1.58. The number of nitrogens with zero attached hydrogens (tertiary/aromatic N) is 2. The lowest BCUT2D eigenvalue weighted by atomic mass is 9.93. The highest BCUT2D eigenvalue weighted by molar-refractivity contribution is 5.95. The van der Waals surface area contributed by atoms with E-state index in [4.69, 9.17) is 5.11 Å². The zero-order chi connectivity index (χ0) is 16.7. The summed E-state index contributed by atoms with van der Waals surface area (Å²) in [6.45, 7) is 0. The van der Waals surface area contributed by atoms with Crippen LogP contribution in [-0.2, 0) is 4.79 Å². The number of fused-ring (bicyclic) bond motifs is 2. The number of rotatable bonds is 4. The molecule has 1 aromatic heterocycles. The molecule has 2 aliphatic rings. The van der Waals surface area contributed by atoms with Crippen molar-refractivity contribution in [2.45, 2.75) is 12.8 Å². The average molecular weight is 323 g/mol. The van der Waals surface area contributed by atoms with Crippen LogP contribution in [0.3, 0.4) is 0 Å². The number of allylic oxidation sites excluding steroid dienone is 2. The lowest BCUT2D eigenvalue weighted by Gasteiger charge is -2.19. The summed E-state index contributed by atoms with van der Waals surface area (Å²) in [6, 6.07) is 8.70. The first-order chi connectivity index (χ1) is 11.6. The third-order valence-electron chi connectivity index (χ3n) is 4.83. The minimum absolute atomic E-state index is 0.0141. The molecule has 1 fully saturated rings. The molecule has 1 heterocycles. The van der Waals surface area contributed by atoms with Gasteiger partial charge in [-0.05, 0) is 42.9 Å². The normalized spacial score (nSPS) is 24.2. The van der Waals surface area contributed by atoms with Gasteiger partial charge in [-0.25, -0.2) is 9.48 Å². The Kier molecular flexibility index (Phi) is 3.45. The largest absolute Gasteiger partial charge is 0.476 e. The van der Waals surface area contributed by atoms with Crippen LogP contribution in [0.4, 0.5) is 5.69 Å². The molecule has 0 saturated heterocycles. The van der Waals surface area contributed by atoms with Crippen molar-refractivity contribution >= 4 is 17.6 Å². The summed E-state index contributed by atoms with van der Waals surface area (Å²) in [5.74, 6) is -0.176. The van der Waals surface area contributed by atoms with Crippen LogP contribution in [0.2, 0.25) is 0 Å². The van der Waals surface area contributed by atoms with E-state index in [1.54, 1.807) is 18.3 Å². The van der Waals surface area contributed by atoms with Crippen molar-refractivity contribution in [2.24, 2.45) is 17.8 Å². The van der Waals surface area contributed by atoms with Crippen LogP contribution in [-0.4, -0.2) is 26.8 Å². The van der Waals surface area contributed by atoms with Crippen molar-refractivity contribution in [3.63, 3.8) is 0 Å². The molecule has 2 aliphatic carbocycles. The summed E-state index contributed by atoms with van der Waals surface area (Å²) in [6.07, 6.45) is 7.91. The number of hydrogen-bond donors (Lipinski definition) is 2. The Morgan fingerprint density at radius 1 is 1.17 bits per heavy atom. The Labute approximate surface area is 138 Å². The summed E-state index contributed by atoms with van der Waals surface area (Å²) in [5, 5.41) is 16.0. The average Bonchev–Trinajstić information content (AvgIpc) is 3.31. The van der Waals surface area contributed by atoms with Crippen molar-refractivity contribution in [1.82, 2.24) is 9.78 Å². The SMILES string of the molecule is O=C(O)c1ccn(-c2ccccc2NC(=O)C2CC3C=CC2C3)n1. The first-order valence-corrected chi connectivity index (χ1v) is 7.99. The number of amides is 1. The van der Waals surface area contributed by atoms with Crippen molar-refractivity contribution in [1.29, 1.82) is 0 Å². The second kappa shape index (κ2) is 5.63. The molecular weight excluding hydrogens is 306 g/mol. The number of hydrogen-bond acceptors (Lipinski definition) is 3. The number of carbonyl (C=O) groups is 2. The van der Waals surface area contributed by atoms with Crippen molar-refractivity contribution in [2.75, 3.05) is 5.32 Å². The highest BCUT2D eigenvalue weighted by atomic mass is 16.4. The van der Waals surface area contributed by atoms with E-state index in [1.807, 2.05) is 12.1 Å². The van der Waals surface area contributed by atoms with Gasteiger partial charge in [0.05, 0.1) is 11.4 Å². The van der Waals surface area contributed by atoms with Crippen molar-refractivity contribution in [3.8, 4) is 5.69 Å². The molecule has 2 aromatic rings. The quantitative estimate of drug-likeness (QED) is 0.847. The van der Waals surface area contributed by atoms with Gasteiger partial charge in [0.25, 0.3) is 0 Å². The molecule has 0 radical (unpaired) electrons. The van der Waals surface area contributed by atoms with Crippen LogP contribution < -0.4 is 5.32 Å². The van der Waals surface area contributed by atoms with Crippen LogP contribution in [0.5, 0.6) is 0 Å². The molecule has 122 valence electrons. The van der Waals surface area contributed by atoms with Gasteiger partial charge in [0, 0.05) is 12.1 Å². The number of para-hydroxylation sites is 2. The fourth-order valence-corrected chi connectivity index (χ4v) is 3.66. The zero-order valence-corrected chi connectivity index (χ0v) is 12.9. The fourth-order valence-electron chi connectivity index (χ4n) is 3.66. The third kappa shape index (κ3) is 2.50. The van der Waals surface area contributed by atoms with Gasteiger partial charge in [-0.1, -0.05) is 24.3 Å². The fraction of sp³-hybridized carbons (Fsp3) is 0.278. The molecule has 0 aliphatic heterocycles. The molecule has 1 aromatic carbocycles. The van der Waals surface area contributed by atoms with E-state index in [0.29, 0.717) is 23.2 Å². The van der Waals surface area contributed by atoms with Crippen LogP contribution in [0.1, 0.15) is 23.3 Å². The minimum Gasteiger partial charge on any atom is -0.476 e. The summed E-state index contributed by atoms with van der Waals surface area (Å²) in [7, 11) is 0. The molecular formula is C18H17N3O3. The molecule has 1 saturated carbocycles. The van der Waals surface area contributed by atoms with Crippen LogP contribution >= 0.6 is 0 Å². The number of nitrogens with one attached hydrogen (secondary N) is 1. The van der Waals surface area contributed by atoms with Gasteiger partial charge >= 0.3 is 5.97 Å². The van der Waals surface area contributed by atoms with Gasteiger partial charge in [0.1, 0.15) is 0 Å². The standard InChI is InChI=1S/C18H17N3O3/c22-17(13-10-11-5-6-12(13)9-11)19-14-3-1-2-4-16(14)21-8-7-15(20-21)18(23)24/h1-8,11-13H,9-10H2,(H,19,22)(H,23,24). The Hall–Kier alpha value is -2.89. The van der Waals surface area contributed by atoms with Crippen LogP contribution in [0.15, 0.2) is 48.7 Å². The Bertz CT molecular complexity index is 840. The van der Waals surface area contributed by atoms with Gasteiger partial charge in [-0.3, -0.25) is 4.79 Å². The molecule has 24 heavy (non-hydrogen) atoms. The van der Waals surface area contributed by atoms with Crippen molar-refractivity contribution < 1.29 is 14.7 Å². The number of carboxylic acid groups (broad SMARTS) is 1. The van der Waals surface area contributed by atoms with Crippen LogP contribution in [0.25, 0.3) is 5.69 Å². The van der Waals surface area contributed by atoms with Gasteiger partial charge in [0.15, 0.2) is 5.69 Å². The van der Waals surface area contributed by atoms with E-state index in [1.165, 1.54) is 10.7 Å². The summed E-state index contributed by atoms with van der Waals surface area (Å²) in [5.41, 5.74) is 1.25. The topological polar surface area (TPSA) is 84.2 Å². The maximum absolute atomic E-state index is 12.6. The van der Waals surface area contributed by atoms with Gasteiger partial charge in [-0.15, -0.1) is 0 Å². The first kappa shape index (κ1) is 14.7. The van der Waals surface area contributed by atoms with E-state index in [2.05, 4.69) is 22.6 Å². The summed E-state index contributed by atoms with van der Waals surface area (Å²) in [4.78, 5) is 23.6. The van der Waals surface area contributed by atoms with Gasteiger partial charge in [0.2, 0.25) is 5.91 Å². The number of aromatic carboxylic acids is 1. The van der Waals surface area contributed by atoms with E-state index < -0.39 is 5.97 Å². The van der Waals surface area contributed by atoms with Gasteiger partial charge in [-0.2, -0.15) is 5.10 Å². The molecule has 4 rings (SSSR count). The molecule has 3 atom stereocenters. The number of anilines is 1. The predicted octanol–water partition coefficient (Wildman–Crippen LogP) is 2.72. The lowest BCUT2D eigenvalue weighted by molar-refractivity contribution is -0.120. The van der Waals surface area contributed by atoms with E-state index in [0.717, 1.165) is 12.8 Å². The number of carbonyl (C=O) groups excluding carboxylic acids is 1. The second-order valence-electron chi connectivity index (χ2n) is 6.34. The zero-order valence-electron chi connectivity index (χ0n) is 12.9. The van der Waals surface area contributed by atoms with E-state index >= 15 is 0 Å². The molecule has 0 spiro atoms. The van der Waals surface area contributed by atoms with E-state index in [9.17, 15) is 9.59 Å². The minimum atomic E-state index is -1.08. The van der Waals surface area contributed by atoms with E-state index in [-0.39, 0.29) is 17.5 Å². The lowest BCUT2D eigenvalue weighted by Crippen LogP contribution is -2.26. The van der Waals surface area contributed by atoms with Crippen LogP contribution in [0, 0.1) is 17.8 Å². The molecule has 6 heteroatoms. The second-order valence-corrected chi connectivity index (χ2v) is 6.34. The monoisotopic (exact) mass is 323 g/mol. The smallest absolute Gasteiger partial charge is 0.356 e. The number of aromatic nitrogens is 2. The maximum atomic E-state index is 12.6. The number of carboxylic acids is 1. The number of benzene rings is 1. The molecule has 3 unspecified atom stereocenters. The molecule has 6 nitrogen and oxygen atoms in total. The molecule has 2 N–H and O–H groups in total. The third-order valence-corrected chi connectivity index (χ3v) is 4.83. The maximum Gasteiger partial charge on any atom is 0.356 e. The summed E-state index contributed by atoms with van der Waals surface area (Å²) >= 11 is 0. The Morgan fingerprint density at radius 3 is 2.67 bits per heavy atom. The van der Waals surface area contributed by atoms with Crippen molar-refractivity contribution in [3.05, 3.63) is 54.4 Å². The predicted molar refractivity (Wildman–Crippen MR) is 88.0 cm³/mol. The highest BCUT2D eigenvalue weighted by Crippen LogP contribution is 2.43. The Morgan fingerprint density at radius 2 is 2.00 bits per heavy atom. The summed E-state index contributed by atoms with van der Waals surface area (Å²) < 4.78 is 1.47. The highest BCUT2D eigenvalue weighted by Gasteiger charge is 2.39.